The van der Waals surface area contributed by atoms with Crippen LogP contribution in [-0.2, 0) is 4.79 Å². The van der Waals surface area contributed by atoms with Crippen LogP contribution in [0.25, 0.3) is 0 Å². The second kappa shape index (κ2) is 5.26. The fraction of sp³-hybridized carbons (Fsp3) is 0.462. The van der Waals surface area contributed by atoms with Crippen molar-refractivity contribution in [2.45, 2.75) is 20.3 Å². The highest BCUT2D eigenvalue weighted by Crippen LogP contribution is 2.22. The van der Waals surface area contributed by atoms with Crippen molar-refractivity contribution in [2.24, 2.45) is 5.92 Å². The van der Waals surface area contributed by atoms with Gasteiger partial charge in [0.2, 0.25) is 0 Å². The number of amides is 2. The molecule has 1 aromatic heterocycles. The van der Waals surface area contributed by atoms with E-state index in [4.69, 9.17) is 5.11 Å². The third kappa shape index (κ3) is 3.01. The van der Waals surface area contributed by atoms with Gasteiger partial charge in [0.05, 0.1) is 17.8 Å². The molecule has 1 aliphatic heterocycles. The molecule has 0 bridgehead atoms. The SMILES string of the molecule is Cc1ccnc(C)c1NC(=O)N1CC(CC(=O)O)C1. The van der Waals surface area contributed by atoms with Crippen molar-refractivity contribution in [2.75, 3.05) is 18.4 Å². The van der Waals surface area contributed by atoms with Crippen molar-refractivity contribution in [1.82, 2.24) is 9.88 Å². The number of carboxylic acid groups (broad SMARTS) is 1. The number of nitrogens with one attached hydrogen (secondary N) is 1. The van der Waals surface area contributed by atoms with E-state index in [9.17, 15) is 9.59 Å². The summed E-state index contributed by atoms with van der Waals surface area (Å²) in [6, 6.07) is 1.65. The molecule has 0 atom stereocenters. The maximum absolute atomic E-state index is 12.0. The molecule has 2 amide bonds. The normalized spacial score (nSPS) is 14.9. The van der Waals surface area contributed by atoms with Crippen molar-refractivity contribution < 1.29 is 14.7 Å². The fourth-order valence-electron chi connectivity index (χ4n) is 2.18. The van der Waals surface area contributed by atoms with Crippen LogP contribution < -0.4 is 5.32 Å². The van der Waals surface area contributed by atoms with E-state index in [0.29, 0.717) is 13.1 Å². The van der Waals surface area contributed by atoms with Crippen molar-refractivity contribution >= 4 is 17.7 Å². The van der Waals surface area contributed by atoms with Crippen molar-refractivity contribution in [3.8, 4) is 0 Å². The molecule has 1 aliphatic rings. The number of carbonyl (C=O) groups excluding carboxylic acids is 1. The van der Waals surface area contributed by atoms with Crippen molar-refractivity contribution in [1.29, 1.82) is 0 Å². The highest BCUT2D eigenvalue weighted by molar-refractivity contribution is 5.91. The number of hydrogen-bond acceptors (Lipinski definition) is 3. The molecular formula is C13H17N3O3. The summed E-state index contributed by atoms with van der Waals surface area (Å²) < 4.78 is 0. The number of carbonyl (C=O) groups is 2. The lowest BCUT2D eigenvalue weighted by atomic mass is 9.97. The number of hydrogen-bond donors (Lipinski definition) is 2. The molecule has 2 heterocycles. The number of urea groups is 1. The molecule has 0 saturated carbocycles. The summed E-state index contributed by atoms with van der Waals surface area (Å²) in [5.41, 5.74) is 2.47. The Balaban J connectivity index is 1.91. The number of rotatable bonds is 3. The monoisotopic (exact) mass is 263 g/mol. The first-order valence-corrected chi connectivity index (χ1v) is 6.17. The van der Waals surface area contributed by atoms with Gasteiger partial charge in [-0.1, -0.05) is 0 Å². The fourth-order valence-corrected chi connectivity index (χ4v) is 2.18. The van der Waals surface area contributed by atoms with Gasteiger partial charge in [-0.2, -0.15) is 0 Å². The number of anilines is 1. The Hall–Kier alpha value is -2.11. The quantitative estimate of drug-likeness (QED) is 0.868. The summed E-state index contributed by atoms with van der Waals surface area (Å²) in [7, 11) is 0. The predicted molar refractivity (Wildman–Crippen MR) is 70.0 cm³/mol. The number of aromatic nitrogens is 1. The predicted octanol–water partition coefficient (Wildman–Crippen LogP) is 1.64. The first-order valence-electron chi connectivity index (χ1n) is 6.17. The van der Waals surface area contributed by atoms with E-state index < -0.39 is 5.97 Å². The Labute approximate surface area is 111 Å². The average Bonchev–Trinajstić information content (AvgIpc) is 2.27. The average molecular weight is 263 g/mol. The zero-order valence-corrected chi connectivity index (χ0v) is 11.0. The van der Waals surface area contributed by atoms with Crippen LogP contribution in [-0.4, -0.2) is 40.1 Å². The number of nitrogens with zero attached hydrogens (tertiary/aromatic N) is 2. The van der Waals surface area contributed by atoms with Crippen molar-refractivity contribution in [3.63, 3.8) is 0 Å². The Kier molecular flexibility index (Phi) is 3.69. The van der Waals surface area contributed by atoms with E-state index in [1.54, 1.807) is 11.1 Å². The van der Waals surface area contributed by atoms with Crippen LogP contribution in [0.4, 0.5) is 10.5 Å². The summed E-state index contributed by atoms with van der Waals surface area (Å²) >= 11 is 0. The molecule has 0 aliphatic carbocycles. The molecule has 1 saturated heterocycles. The topological polar surface area (TPSA) is 82.5 Å². The highest BCUT2D eigenvalue weighted by Gasteiger charge is 2.32. The molecule has 0 spiro atoms. The number of carboxylic acids is 1. The maximum Gasteiger partial charge on any atom is 0.321 e. The molecule has 6 heteroatoms. The molecule has 2 N–H and O–H groups in total. The van der Waals surface area contributed by atoms with Gasteiger partial charge in [-0.15, -0.1) is 0 Å². The molecule has 1 fully saturated rings. The van der Waals surface area contributed by atoms with Crippen LogP contribution in [0.15, 0.2) is 12.3 Å². The van der Waals surface area contributed by atoms with Gasteiger partial charge >= 0.3 is 12.0 Å². The summed E-state index contributed by atoms with van der Waals surface area (Å²) in [6.07, 6.45) is 1.82. The molecule has 6 nitrogen and oxygen atoms in total. The third-order valence-electron chi connectivity index (χ3n) is 3.29. The first-order chi connectivity index (χ1) is 8.97. The summed E-state index contributed by atoms with van der Waals surface area (Å²) in [5.74, 6) is -0.747. The standard InChI is InChI=1S/C13H17N3O3/c1-8-3-4-14-9(2)12(8)15-13(19)16-6-10(7-16)5-11(17)18/h3-4,10H,5-7H2,1-2H3,(H,15,19)(H,17,18). The molecule has 2 rings (SSSR count). The molecule has 1 aromatic rings. The van der Waals surface area contributed by atoms with Crippen LogP contribution in [0.1, 0.15) is 17.7 Å². The Morgan fingerprint density at radius 2 is 2.16 bits per heavy atom. The lowest BCUT2D eigenvalue weighted by molar-refractivity contribution is -0.139. The van der Waals surface area contributed by atoms with Crippen LogP contribution in [0.2, 0.25) is 0 Å². The lowest BCUT2D eigenvalue weighted by Crippen LogP contribution is -2.52. The Morgan fingerprint density at radius 1 is 1.47 bits per heavy atom. The van der Waals surface area contributed by atoms with E-state index in [1.807, 2.05) is 19.9 Å². The Morgan fingerprint density at radius 3 is 2.74 bits per heavy atom. The van der Waals surface area contributed by atoms with Gasteiger partial charge in [-0.05, 0) is 25.5 Å². The number of aryl methyl sites for hydroxylation is 2. The summed E-state index contributed by atoms with van der Waals surface area (Å²) in [5, 5.41) is 11.5. The van der Waals surface area contributed by atoms with Gasteiger partial charge in [0.15, 0.2) is 0 Å². The second-order valence-corrected chi connectivity index (χ2v) is 4.89. The van der Waals surface area contributed by atoms with Crippen LogP contribution >= 0.6 is 0 Å². The molecule has 0 radical (unpaired) electrons. The first kappa shape index (κ1) is 13.3. The minimum Gasteiger partial charge on any atom is -0.481 e. The Bertz CT molecular complexity index is 490. The zero-order valence-electron chi connectivity index (χ0n) is 11.0. The van der Waals surface area contributed by atoms with Gasteiger partial charge in [-0.3, -0.25) is 9.78 Å². The van der Waals surface area contributed by atoms with Crippen molar-refractivity contribution in [3.05, 3.63) is 23.5 Å². The summed E-state index contributed by atoms with van der Waals surface area (Å²) in [4.78, 5) is 28.3. The van der Waals surface area contributed by atoms with E-state index in [-0.39, 0.29) is 18.4 Å². The summed E-state index contributed by atoms with van der Waals surface area (Å²) in [6.45, 7) is 4.74. The lowest BCUT2D eigenvalue weighted by Gasteiger charge is -2.38. The minimum absolute atomic E-state index is 0.0688. The molecule has 102 valence electrons. The van der Waals surface area contributed by atoms with Crippen LogP contribution in [0.5, 0.6) is 0 Å². The highest BCUT2D eigenvalue weighted by atomic mass is 16.4. The molecular weight excluding hydrogens is 246 g/mol. The zero-order chi connectivity index (χ0) is 14.0. The number of aliphatic carboxylic acids is 1. The van der Waals surface area contributed by atoms with E-state index in [0.717, 1.165) is 16.9 Å². The second-order valence-electron chi connectivity index (χ2n) is 4.89. The van der Waals surface area contributed by atoms with Crippen LogP contribution in [0.3, 0.4) is 0 Å². The molecule has 19 heavy (non-hydrogen) atoms. The number of pyridine rings is 1. The van der Waals surface area contributed by atoms with E-state index in [1.165, 1.54) is 0 Å². The molecule has 0 aromatic carbocycles. The van der Waals surface area contributed by atoms with Gasteiger partial charge in [-0.25, -0.2) is 4.79 Å². The maximum atomic E-state index is 12.0. The van der Waals surface area contributed by atoms with E-state index >= 15 is 0 Å². The smallest absolute Gasteiger partial charge is 0.321 e. The van der Waals surface area contributed by atoms with Gasteiger partial charge in [0.1, 0.15) is 0 Å². The largest absolute Gasteiger partial charge is 0.481 e. The third-order valence-corrected chi connectivity index (χ3v) is 3.29. The van der Waals surface area contributed by atoms with Gasteiger partial charge < -0.3 is 15.3 Å². The molecule has 0 unspecified atom stereocenters. The number of likely N-dealkylation sites (tertiary alicyclic amines) is 1. The van der Waals surface area contributed by atoms with Gasteiger partial charge in [0.25, 0.3) is 0 Å². The van der Waals surface area contributed by atoms with Gasteiger partial charge in [0, 0.05) is 25.2 Å². The van der Waals surface area contributed by atoms with E-state index in [2.05, 4.69) is 10.3 Å². The minimum atomic E-state index is -0.816. The van der Waals surface area contributed by atoms with Crippen LogP contribution in [0, 0.1) is 19.8 Å².